The number of para-hydroxylation sites is 2. The Bertz CT molecular complexity index is 704. The summed E-state index contributed by atoms with van der Waals surface area (Å²) in [5.41, 5.74) is -0.527. The summed E-state index contributed by atoms with van der Waals surface area (Å²) in [6, 6.07) is 7.47. The van der Waals surface area contributed by atoms with Crippen LogP contribution >= 0.6 is 11.6 Å². The predicted octanol–water partition coefficient (Wildman–Crippen LogP) is 4.46. The van der Waals surface area contributed by atoms with Gasteiger partial charge in [0, 0.05) is 13.1 Å². The van der Waals surface area contributed by atoms with Crippen LogP contribution in [0.25, 0.3) is 0 Å². The molecule has 0 saturated carbocycles. The van der Waals surface area contributed by atoms with Gasteiger partial charge in [-0.3, -0.25) is 4.79 Å². The highest BCUT2D eigenvalue weighted by molar-refractivity contribution is 6.29. The number of anilines is 3. The van der Waals surface area contributed by atoms with Crippen molar-refractivity contribution in [3.8, 4) is 0 Å². The van der Waals surface area contributed by atoms with Crippen LogP contribution in [0, 0.1) is 0 Å². The van der Waals surface area contributed by atoms with E-state index in [0.29, 0.717) is 17.6 Å². The second kappa shape index (κ2) is 6.23. The van der Waals surface area contributed by atoms with Gasteiger partial charge in [0.2, 0.25) is 5.91 Å². The normalized spacial score (nSPS) is 11.1. The fourth-order valence-electron chi connectivity index (χ4n) is 1.80. The van der Waals surface area contributed by atoms with Crippen molar-refractivity contribution in [3.63, 3.8) is 0 Å². The van der Waals surface area contributed by atoms with E-state index < -0.39 is 11.7 Å². The number of pyridine rings is 1. The van der Waals surface area contributed by atoms with Gasteiger partial charge in [-0.15, -0.1) is 0 Å². The van der Waals surface area contributed by atoms with Crippen LogP contribution in [0.4, 0.5) is 30.2 Å². The number of hydrogen-bond acceptors (Lipinski definition) is 3. The number of hydrogen-bond donors (Lipinski definition) is 2. The van der Waals surface area contributed by atoms with Gasteiger partial charge in [-0.05, 0) is 18.2 Å². The van der Waals surface area contributed by atoms with E-state index in [-0.39, 0.29) is 16.7 Å². The maximum absolute atomic E-state index is 13.0. The molecule has 0 atom stereocenters. The maximum atomic E-state index is 13.0. The Hall–Kier alpha value is -2.28. The Labute approximate surface area is 129 Å². The Morgan fingerprint density at radius 3 is 2.41 bits per heavy atom. The summed E-state index contributed by atoms with van der Waals surface area (Å²) in [6.45, 7) is 1.31. The standard InChI is InChI=1S/C14H11ClF3N3O/c1-8(22)20-10-4-2-3-5-11(10)21-12-6-13(15)19-7-9(12)14(16,17)18/h2-7H,1H3,(H,19,21)(H,20,22). The van der Waals surface area contributed by atoms with Crippen LogP contribution in [0.1, 0.15) is 12.5 Å². The molecule has 0 fully saturated rings. The van der Waals surface area contributed by atoms with Gasteiger partial charge in [-0.25, -0.2) is 4.98 Å². The number of carbonyl (C=O) groups excluding carboxylic acids is 1. The lowest BCUT2D eigenvalue weighted by Gasteiger charge is -2.16. The van der Waals surface area contributed by atoms with Crippen LogP contribution in [0.3, 0.4) is 0 Å². The lowest BCUT2D eigenvalue weighted by atomic mass is 10.2. The SMILES string of the molecule is CC(=O)Nc1ccccc1Nc1cc(Cl)ncc1C(F)(F)F. The number of alkyl halides is 3. The van der Waals surface area contributed by atoms with Gasteiger partial charge >= 0.3 is 6.18 Å². The highest BCUT2D eigenvalue weighted by Gasteiger charge is 2.34. The van der Waals surface area contributed by atoms with E-state index in [1.807, 2.05) is 0 Å². The molecule has 8 heteroatoms. The Balaban J connectivity index is 2.43. The number of aromatic nitrogens is 1. The largest absolute Gasteiger partial charge is 0.419 e. The van der Waals surface area contributed by atoms with E-state index in [1.54, 1.807) is 24.3 Å². The molecule has 0 aliphatic heterocycles. The molecule has 1 aromatic carbocycles. The summed E-state index contributed by atoms with van der Waals surface area (Å²) >= 11 is 5.67. The van der Waals surface area contributed by atoms with Crippen molar-refractivity contribution >= 4 is 34.6 Å². The average molecular weight is 330 g/mol. The molecule has 22 heavy (non-hydrogen) atoms. The van der Waals surface area contributed by atoms with Crippen molar-refractivity contribution in [2.75, 3.05) is 10.6 Å². The molecule has 0 radical (unpaired) electrons. The molecule has 116 valence electrons. The predicted molar refractivity (Wildman–Crippen MR) is 78.3 cm³/mol. The van der Waals surface area contributed by atoms with Crippen molar-refractivity contribution in [1.82, 2.24) is 4.98 Å². The van der Waals surface area contributed by atoms with Crippen molar-refractivity contribution in [1.29, 1.82) is 0 Å². The molecule has 1 aromatic heterocycles. The molecule has 2 N–H and O–H groups in total. The van der Waals surface area contributed by atoms with E-state index in [4.69, 9.17) is 11.6 Å². The fraction of sp³-hybridized carbons (Fsp3) is 0.143. The second-order valence-corrected chi connectivity index (χ2v) is 4.79. The summed E-state index contributed by atoms with van der Waals surface area (Å²) in [4.78, 5) is 14.6. The molecular formula is C14H11ClF3N3O. The van der Waals surface area contributed by atoms with Crippen molar-refractivity contribution < 1.29 is 18.0 Å². The third-order valence-corrected chi connectivity index (χ3v) is 2.89. The zero-order valence-electron chi connectivity index (χ0n) is 11.3. The first-order chi connectivity index (χ1) is 10.3. The minimum absolute atomic E-state index is 0.0764. The topological polar surface area (TPSA) is 54.0 Å². The van der Waals surface area contributed by atoms with Crippen LogP contribution in [-0.2, 0) is 11.0 Å². The van der Waals surface area contributed by atoms with Gasteiger partial charge in [0.1, 0.15) is 5.15 Å². The van der Waals surface area contributed by atoms with Crippen molar-refractivity contribution in [2.45, 2.75) is 13.1 Å². The van der Waals surface area contributed by atoms with Crippen molar-refractivity contribution in [2.24, 2.45) is 0 Å². The number of carbonyl (C=O) groups is 1. The molecule has 1 heterocycles. The monoisotopic (exact) mass is 329 g/mol. The number of halogens is 4. The van der Waals surface area contributed by atoms with E-state index >= 15 is 0 Å². The number of nitrogens with one attached hydrogen (secondary N) is 2. The van der Waals surface area contributed by atoms with E-state index in [1.165, 1.54) is 6.92 Å². The molecule has 0 unspecified atom stereocenters. The lowest BCUT2D eigenvalue weighted by molar-refractivity contribution is -0.137. The van der Waals surface area contributed by atoms with Crippen LogP contribution in [-0.4, -0.2) is 10.9 Å². The third-order valence-electron chi connectivity index (χ3n) is 2.68. The van der Waals surface area contributed by atoms with Gasteiger partial charge in [0.05, 0.1) is 22.6 Å². The molecule has 2 aromatic rings. The van der Waals surface area contributed by atoms with E-state index in [2.05, 4.69) is 15.6 Å². The van der Waals surface area contributed by atoms with Gasteiger partial charge in [0.15, 0.2) is 0 Å². The van der Waals surface area contributed by atoms with Gasteiger partial charge in [-0.2, -0.15) is 13.2 Å². The summed E-state index contributed by atoms with van der Waals surface area (Å²) in [6.07, 6.45) is -3.92. The van der Waals surface area contributed by atoms with Gasteiger partial charge in [0.25, 0.3) is 0 Å². The maximum Gasteiger partial charge on any atom is 0.419 e. The Kier molecular flexibility index (Phi) is 4.56. The Morgan fingerprint density at radius 1 is 1.18 bits per heavy atom. The first-order valence-electron chi connectivity index (χ1n) is 6.14. The zero-order chi connectivity index (χ0) is 16.3. The van der Waals surface area contributed by atoms with Crippen LogP contribution in [0.15, 0.2) is 36.5 Å². The van der Waals surface area contributed by atoms with E-state index in [0.717, 1.165) is 6.07 Å². The molecule has 0 aliphatic carbocycles. The number of amides is 1. The van der Waals surface area contributed by atoms with Crippen LogP contribution in [0.2, 0.25) is 5.15 Å². The number of rotatable bonds is 3. The molecular weight excluding hydrogens is 319 g/mol. The number of benzene rings is 1. The summed E-state index contributed by atoms with van der Waals surface area (Å²) in [7, 11) is 0. The first kappa shape index (κ1) is 16.1. The molecule has 0 aliphatic rings. The Morgan fingerprint density at radius 2 is 1.82 bits per heavy atom. The fourth-order valence-corrected chi connectivity index (χ4v) is 1.95. The lowest BCUT2D eigenvalue weighted by Crippen LogP contribution is -2.11. The van der Waals surface area contributed by atoms with E-state index in [9.17, 15) is 18.0 Å². The third kappa shape index (κ3) is 3.88. The number of nitrogens with zero attached hydrogens (tertiary/aromatic N) is 1. The summed E-state index contributed by atoms with van der Waals surface area (Å²) < 4.78 is 39.0. The smallest absolute Gasteiger partial charge is 0.353 e. The molecule has 4 nitrogen and oxygen atoms in total. The van der Waals surface area contributed by atoms with Crippen LogP contribution in [0.5, 0.6) is 0 Å². The minimum Gasteiger partial charge on any atom is -0.353 e. The first-order valence-corrected chi connectivity index (χ1v) is 6.51. The molecule has 0 bridgehead atoms. The van der Waals surface area contributed by atoms with Crippen LogP contribution < -0.4 is 10.6 Å². The molecule has 1 amide bonds. The second-order valence-electron chi connectivity index (χ2n) is 4.40. The molecule has 0 saturated heterocycles. The summed E-state index contributed by atoms with van der Waals surface area (Å²) in [5, 5.41) is 5.09. The van der Waals surface area contributed by atoms with Crippen molar-refractivity contribution in [3.05, 3.63) is 47.2 Å². The highest BCUT2D eigenvalue weighted by Crippen LogP contribution is 2.37. The summed E-state index contributed by atoms with van der Waals surface area (Å²) in [5.74, 6) is -0.335. The highest BCUT2D eigenvalue weighted by atomic mass is 35.5. The van der Waals surface area contributed by atoms with Gasteiger partial charge in [-0.1, -0.05) is 23.7 Å². The molecule has 2 rings (SSSR count). The quantitative estimate of drug-likeness (QED) is 0.818. The molecule has 0 spiro atoms. The zero-order valence-corrected chi connectivity index (χ0v) is 12.1. The van der Waals surface area contributed by atoms with Gasteiger partial charge < -0.3 is 10.6 Å². The average Bonchev–Trinajstić information content (AvgIpc) is 2.39. The minimum atomic E-state index is -4.58.